The third-order valence-electron chi connectivity index (χ3n) is 3.47. The highest BCUT2D eigenvalue weighted by Gasteiger charge is 2.20. The highest BCUT2D eigenvalue weighted by atomic mass is 19.1. The lowest BCUT2D eigenvalue weighted by Gasteiger charge is -2.26. The Kier molecular flexibility index (Phi) is 4.82. The molecule has 1 aliphatic rings. The van der Waals surface area contributed by atoms with Crippen molar-refractivity contribution in [2.45, 2.75) is 52.7 Å². The molecule has 0 radical (unpaired) electrons. The number of nitrogens with zero attached hydrogens (tertiary/aromatic N) is 1. The minimum absolute atomic E-state index is 0.0964. The van der Waals surface area contributed by atoms with Gasteiger partial charge in [-0.25, -0.2) is 4.39 Å². The van der Waals surface area contributed by atoms with Crippen LogP contribution in [0.15, 0.2) is 18.2 Å². The zero-order valence-electron chi connectivity index (χ0n) is 13.2. The third kappa shape index (κ3) is 5.22. The second-order valence-electron chi connectivity index (χ2n) is 7.31. The molecule has 1 fully saturated rings. The van der Waals surface area contributed by atoms with Crippen LogP contribution >= 0.6 is 0 Å². The molecule has 1 aliphatic carbocycles. The van der Waals surface area contributed by atoms with Crippen LogP contribution in [0.3, 0.4) is 0 Å². The van der Waals surface area contributed by atoms with E-state index in [4.69, 9.17) is 0 Å². The smallest absolute Gasteiger partial charge is 0.127 e. The van der Waals surface area contributed by atoms with Crippen molar-refractivity contribution >= 4 is 0 Å². The summed E-state index contributed by atoms with van der Waals surface area (Å²) < 4.78 is 13.9. The Hall–Kier alpha value is -0.930. The average molecular weight is 278 g/mol. The average Bonchev–Trinajstić information content (AvgIpc) is 3.11. The van der Waals surface area contributed by atoms with Crippen LogP contribution in [-0.2, 0) is 13.1 Å². The van der Waals surface area contributed by atoms with E-state index in [-0.39, 0.29) is 11.2 Å². The molecule has 112 valence electrons. The van der Waals surface area contributed by atoms with Gasteiger partial charge < -0.3 is 10.2 Å². The molecule has 20 heavy (non-hydrogen) atoms. The molecule has 1 aromatic carbocycles. The first-order valence-corrected chi connectivity index (χ1v) is 7.53. The lowest BCUT2D eigenvalue weighted by Crippen LogP contribution is -2.29. The fraction of sp³-hybridized carbons (Fsp3) is 0.647. The molecule has 0 atom stereocenters. The van der Waals surface area contributed by atoms with Crippen molar-refractivity contribution in [3.8, 4) is 0 Å². The summed E-state index contributed by atoms with van der Waals surface area (Å²) in [7, 11) is 2.06. The van der Waals surface area contributed by atoms with Crippen LogP contribution in [0, 0.1) is 11.2 Å². The second kappa shape index (κ2) is 6.23. The van der Waals surface area contributed by atoms with Crippen LogP contribution in [0.2, 0.25) is 0 Å². The first-order valence-electron chi connectivity index (χ1n) is 7.53. The number of hydrogen-bond acceptors (Lipinski definition) is 2. The van der Waals surface area contributed by atoms with Gasteiger partial charge in [0.2, 0.25) is 0 Å². The molecule has 1 N–H and O–H groups in total. The largest absolute Gasteiger partial charge is 0.310 e. The summed E-state index contributed by atoms with van der Waals surface area (Å²) in [6.45, 7) is 9.08. The molecule has 1 aromatic rings. The predicted molar refractivity (Wildman–Crippen MR) is 82.1 cm³/mol. The first-order chi connectivity index (χ1) is 9.33. The summed E-state index contributed by atoms with van der Waals surface area (Å²) in [6.07, 6.45) is 2.56. The standard InChI is InChI=1S/C17H27FN2/c1-17(2,3)12-20(4)11-14-9-13(5-8-16(14)18)10-19-15-6-7-15/h5,8-9,15,19H,6-7,10-12H2,1-4H3. The van der Waals surface area contributed by atoms with E-state index in [1.807, 2.05) is 12.1 Å². The molecule has 0 heterocycles. The Morgan fingerprint density at radius 3 is 2.60 bits per heavy atom. The van der Waals surface area contributed by atoms with Gasteiger partial charge in [-0.3, -0.25) is 0 Å². The Bertz CT molecular complexity index is 447. The van der Waals surface area contributed by atoms with Gasteiger partial charge in [0.15, 0.2) is 0 Å². The molecule has 2 nitrogen and oxygen atoms in total. The fourth-order valence-corrected chi connectivity index (χ4v) is 2.57. The molecule has 0 amide bonds. The van der Waals surface area contributed by atoms with Gasteiger partial charge in [-0.15, -0.1) is 0 Å². The van der Waals surface area contributed by atoms with Crippen LogP contribution < -0.4 is 5.32 Å². The minimum Gasteiger partial charge on any atom is -0.310 e. The van der Waals surface area contributed by atoms with Gasteiger partial charge in [0.1, 0.15) is 5.82 Å². The van der Waals surface area contributed by atoms with Crippen molar-refractivity contribution in [2.75, 3.05) is 13.6 Å². The van der Waals surface area contributed by atoms with Gasteiger partial charge in [-0.1, -0.05) is 32.9 Å². The molecule has 2 rings (SSSR count). The SMILES string of the molecule is CN(Cc1cc(CNC2CC2)ccc1F)CC(C)(C)C. The van der Waals surface area contributed by atoms with Crippen molar-refractivity contribution in [1.29, 1.82) is 0 Å². The predicted octanol–water partition coefficient (Wildman–Crippen LogP) is 3.56. The van der Waals surface area contributed by atoms with Gasteiger partial charge >= 0.3 is 0 Å². The van der Waals surface area contributed by atoms with Gasteiger partial charge in [0.05, 0.1) is 0 Å². The number of rotatable bonds is 6. The van der Waals surface area contributed by atoms with Gasteiger partial charge in [-0.05, 0) is 36.9 Å². The molecule has 0 saturated heterocycles. The Balaban J connectivity index is 1.96. The van der Waals surface area contributed by atoms with Crippen LogP contribution in [0.1, 0.15) is 44.7 Å². The highest BCUT2D eigenvalue weighted by molar-refractivity contribution is 5.25. The molecule has 0 aliphatic heterocycles. The van der Waals surface area contributed by atoms with E-state index in [2.05, 4.69) is 38.0 Å². The van der Waals surface area contributed by atoms with Crippen molar-refractivity contribution in [3.63, 3.8) is 0 Å². The van der Waals surface area contributed by atoms with Gasteiger partial charge in [0, 0.05) is 31.2 Å². The summed E-state index contributed by atoms with van der Waals surface area (Å²) in [6, 6.07) is 6.18. The van der Waals surface area contributed by atoms with E-state index >= 15 is 0 Å². The molecule has 0 spiro atoms. The van der Waals surface area contributed by atoms with Crippen LogP contribution in [0.5, 0.6) is 0 Å². The van der Waals surface area contributed by atoms with Crippen LogP contribution in [0.25, 0.3) is 0 Å². The maximum atomic E-state index is 13.9. The van der Waals surface area contributed by atoms with Crippen LogP contribution in [-0.4, -0.2) is 24.5 Å². The highest BCUT2D eigenvalue weighted by Crippen LogP contribution is 2.21. The maximum Gasteiger partial charge on any atom is 0.127 e. The second-order valence-corrected chi connectivity index (χ2v) is 7.31. The minimum atomic E-state index is -0.0964. The molecule has 1 saturated carbocycles. The topological polar surface area (TPSA) is 15.3 Å². The Labute approximate surface area is 122 Å². The van der Waals surface area contributed by atoms with E-state index in [1.165, 1.54) is 18.4 Å². The normalized spacial score (nSPS) is 15.9. The molecular formula is C17H27FN2. The Morgan fingerprint density at radius 1 is 1.30 bits per heavy atom. The quantitative estimate of drug-likeness (QED) is 0.856. The summed E-state index contributed by atoms with van der Waals surface area (Å²) >= 11 is 0. The number of halogens is 1. The van der Waals surface area contributed by atoms with Crippen LogP contribution in [0.4, 0.5) is 4.39 Å². The van der Waals surface area contributed by atoms with Crippen molar-refractivity contribution in [2.24, 2.45) is 5.41 Å². The van der Waals surface area contributed by atoms with Crippen molar-refractivity contribution in [1.82, 2.24) is 10.2 Å². The number of nitrogens with one attached hydrogen (secondary N) is 1. The summed E-state index contributed by atoms with van der Waals surface area (Å²) in [4.78, 5) is 2.19. The number of benzene rings is 1. The zero-order valence-corrected chi connectivity index (χ0v) is 13.2. The van der Waals surface area contributed by atoms with Gasteiger partial charge in [-0.2, -0.15) is 0 Å². The lowest BCUT2D eigenvalue weighted by atomic mass is 9.96. The maximum absolute atomic E-state index is 13.9. The molecule has 0 aromatic heterocycles. The summed E-state index contributed by atoms with van der Waals surface area (Å²) in [5, 5.41) is 3.48. The Morgan fingerprint density at radius 2 is 2.00 bits per heavy atom. The zero-order chi connectivity index (χ0) is 14.8. The number of hydrogen-bond donors (Lipinski definition) is 1. The van der Waals surface area contributed by atoms with E-state index in [0.29, 0.717) is 12.6 Å². The fourth-order valence-electron chi connectivity index (χ4n) is 2.57. The summed E-state index contributed by atoms with van der Waals surface area (Å²) in [5.74, 6) is -0.0964. The van der Waals surface area contributed by atoms with E-state index in [1.54, 1.807) is 6.07 Å². The van der Waals surface area contributed by atoms with E-state index in [0.717, 1.165) is 18.7 Å². The molecular weight excluding hydrogens is 251 g/mol. The van der Waals surface area contributed by atoms with E-state index < -0.39 is 0 Å². The molecule has 0 unspecified atom stereocenters. The molecule has 0 bridgehead atoms. The molecule has 3 heteroatoms. The first kappa shape index (κ1) is 15.5. The van der Waals surface area contributed by atoms with Gasteiger partial charge in [0.25, 0.3) is 0 Å². The third-order valence-corrected chi connectivity index (χ3v) is 3.47. The lowest BCUT2D eigenvalue weighted by molar-refractivity contribution is 0.218. The van der Waals surface area contributed by atoms with Crippen molar-refractivity contribution in [3.05, 3.63) is 35.1 Å². The summed E-state index contributed by atoms with van der Waals surface area (Å²) in [5.41, 5.74) is 2.21. The van der Waals surface area contributed by atoms with Crippen molar-refractivity contribution < 1.29 is 4.39 Å². The van der Waals surface area contributed by atoms with E-state index in [9.17, 15) is 4.39 Å². The monoisotopic (exact) mass is 278 g/mol.